The van der Waals surface area contributed by atoms with Crippen molar-refractivity contribution in [3.63, 3.8) is 0 Å². The molecule has 1 saturated heterocycles. The lowest BCUT2D eigenvalue weighted by Crippen LogP contribution is -2.50. The second-order valence-electron chi connectivity index (χ2n) is 5.52. The second-order valence-corrected chi connectivity index (χ2v) is 5.52. The normalized spacial score (nSPS) is 22.2. The van der Waals surface area contributed by atoms with Gasteiger partial charge in [-0.3, -0.25) is 0 Å². The lowest BCUT2D eigenvalue weighted by atomic mass is 10.0. The predicted octanol–water partition coefficient (Wildman–Crippen LogP) is 2.95. The maximum Gasteiger partial charge on any atom is 0.0367 e. The Hall–Kier alpha value is -1.02. The Morgan fingerprint density at radius 3 is 2.29 bits per heavy atom. The van der Waals surface area contributed by atoms with Crippen LogP contribution in [0.5, 0.6) is 0 Å². The molecule has 0 bridgehead atoms. The molecule has 0 radical (unpaired) electrons. The lowest BCUT2D eigenvalue weighted by molar-refractivity contribution is 0.234. The summed E-state index contributed by atoms with van der Waals surface area (Å²) in [4.78, 5) is 4.92. The summed E-state index contributed by atoms with van der Waals surface area (Å²) in [5.74, 6) is 0.621. The van der Waals surface area contributed by atoms with Gasteiger partial charge in [-0.15, -0.1) is 0 Å². The molecule has 0 spiro atoms. The van der Waals surface area contributed by atoms with Gasteiger partial charge in [-0.05, 0) is 37.6 Å². The first-order chi connectivity index (χ1) is 8.08. The van der Waals surface area contributed by atoms with Crippen LogP contribution in [0.1, 0.15) is 32.3 Å². The summed E-state index contributed by atoms with van der Waals surface area (Å²) in [6.07, 6.45) is 0. The zero-order chi connectivity index (χ0) is 12.4. The summed E-state index contributed by atoms with van der Waals surface area (Å²) >= 11 is 0. The molecule has 0 aromatic heterocycles. The van der Waals surface area contributed by atoms with E-state index in [0.717, 1.165) is 19.6 Å². The van der Waals surface area contributed by atoms with Crippen LogP contribution in [0.4, 0.5) is 5.69 Å². The molecule has 1 atom stereocenters. The zero-order valence-electron chi connectivity index (χ0n) is 11.5. The molecular formula is C15H24N2. The summed E-state index contributed by atoms with van der Waals surface area (Å²) in [5, 5.41) is 0. The van der Waals surface area contributed by atoms with Gasteiger partial charge in [-0.2, -0.15) is 0 Å². The molecule has 2 rings (SSSR count). The SMILES string of the molecule is CC(C)c1ccc(N2CCN(C)C(C)C2)cc1. The molecule has 0 amide bonds. The van der Waals surface area contributed by atoms with Crippen molar-refractivity contribution in [2.75, 3.05) is 31.6 Å². The summed E-state index contributed by atoms with van der Waals surface area (Å²) < 4.78 is 0. The van der Waals surface area contributed by atoms with Gasteiger partial charge in [0.25, 0.3) is 0 Å². The van der Waals surface area contributed by atoms with Gasteiger partial charge in [0, 0.05) is 31.4 Å². The van der Waals surface area contributed by atoms with E-state index in [1.165, 1.54) is 11.3 Å². The Balaban J connectivity index is 2.07. The summed E-state index contributed by atoms with van der Waals surface area (Å²) in [5.41, 5.74) is 2.80. The molecule has 1 aromatic rings. The molecule has 1 aliphatic rings. The van der Waals surface area contributed by atoms with Crippen molar-refractivity contribution < 1.29 is 0 Å². The van der Waals surface area contributed by atoms with Crippen molar-refractivity contribution in [1.29, 1.82) is 0 Å². The van der Waals surface area contributed by atoms with Crippen LogP contribution >= 0.6 is 0 Å². The highest BCUT2D eigenvalue weighted by Gasteiger charge is 2.20. The van der Waals surface area contributed by atoms with Crippen molar-refractivity contribution in [1.82, 2.24) is 4.90 Å². The van der Waals surface area contributed by atoms with E-state index < -0.39 is 0 Å². The van der Waals surface area contributed by atoms with Gasteiger partial charge < -0.3 is 9.80 Å². The molecule has 17 heavy (non-hydrogen) atoms. The molecule has 1 aromatic carbocycles. The van der Waals surface area contributed by atoms with E-state index in [-0.39, 0.29) is 0 Å². The van der Waals surface area contributed by atoms with E-state index in [4.69, 9.17) is 0 Å². The third-order valence-electron chi connectivity index (χ3n) is 3.88. The number of benzene rings is 1. The highest BCUT2D eigenvalue weighted by Crippen LogP contribution is 2.22. The molecule has 2 nitrogen and oxygen atoms in total. The molecule has 1 fully saturated rings. The first-order valence-corrected chi connectivity index (χ1v) is 6.63. The molecule has 2 heteroatoms. The minimum Gasteiger partial charge on any atom is -0.369 e. The molecular weight excluding hydrogens is 208 g/mol. The van der Waals surface area contributed by atoms with Crippen LogP contribution in [0.2, 0.25) is 0 Å². The number of hydrogen-bond acceptors (Lipinski definition) is 2. The van der Waals surface area contributed by atoms with Crippen LogP contribution in [-0.4, -0.2) is 37.6 Å². The standard InChI is InChI=1S/C15H24N2/c1-12(2)14-5-7-15(8-6-14)17-10-9-16(4)13(3)11-17/h5-8,12-13H,9-11H2,1-4H3. The van der Waals surface area contributed by atoms with Crippen LogP contribution in [0, 0.1) is 0 Å². The van der Waals surface area contributed by atoms with Crippen LogP contribution in [-0.2, 0) is 0 Å². The molecule has 94 valence electrons. The molecule has 1 aliphatic heterocycles. The van der Waals surface area contributed by atoms with E-state index in [1.807, 2.05) is 0 Å². The summed E-state index contributed by atoms with van der Waals surface area (Å²) in [6, 6.07) is 9.72. The number of likely N-dealkylation sites (N-methyl/N-ethyl adjacent to an activating group) is 1. The number of rotatable bonds is 2. The maximum atomic E-state index is 2.49. The third kappa shape index (κ3) is 2.81. The zero-order valence-corrected chi connectivity index (χ0v) is 11.5. The van der Waals surface area contributed by atoms with Crippen molar-refractivity contribution in [3.8, 4) is 0 Å². The largest absolute Gasteiger partial charge is 0.369 e. The van der Waals surface area contributed by atoms with E-state index in [9.17, 15) is 0 Å². The number of nitrogens with zero attached hydrogens (tertiary/aromatic N) is 2. The Bertz CT molecular complexity index is 356. The first kappa shape index (κ1) is 12.4. The Labute approximate surface area is 105 Å². The second kappa shape index (κ2) is 5.09. The van der Waals surface area contributed by atoms with E-state index in [2.05, 4.69) is 61.9 Å². The highest BCUT2D eigenvalue weighted by atomic mass is 15.3. The van der Waals surface area contributed by atoms with Gasteiger partial charge in [0.05, 0.1) is 0 Å². The molecule has 1 unspecified atom stereocenters. The fourth-order valence-corrected chi connectivity index (χ4v) is 2.35. The number of hydrogen-bond donors (Lipinski definition) is 0. The predicted molar refractivity (Wildman–Crippen MR) is 74.8 cm³/mol. The number of anilines is 1. The Morgan fingerprint density at radius 1 is 1.12 bits per heavy atom. The lowest BCUT2D eigenvalue weighted by Gasteiger charge is -2.39. The van der Waals surface area contributed by atoms with Crippen LogP contribution in [0.15, 0.2) is 24.3 Å². The van der Waals surface area contributed by atoms with Gasteiger partial charge in [0.15, 0.2) is 0 Å². The van der Waals surface area contributed by atoms with Crippen molar-refractivity contribution in [2.24, 2.45) is 0 Å². The van der Waals surface area contributed by atoms with Crippen LogP contribution < -0.4 is 4.90 Å². The fourth-order valence-electron chi connectivity index (χ4n) is 2.35. The monoisotopic (exact) mass is 232 g/mol. The quantitative estimate of drug-likeness (QED) is 0.773. The fraction of sp³-hybridized carbons (Fsp3) is 0.600. The third-order valence-corrected chi connectivity index (χ3v) is 3.88. The number of piperazine rings is 1. The van der Waals surface area contributed by atoms with Crippen molar-refractivity contribution in [3.05, 3.63) is 29.8 Å². The maximum absolute atomic E-state index is 2.49. The minimum absolute atomic E-state index is 0.621. The first-order valence-electron chi connectivity index (χ1n) is 6.63. The van der Waals surface area contributed by atoms with Gasteiger partial charge in [0.2, 0.25) is 0 Å². The van der Waals surface area contributed by atoms with Crippen molar-refractivity contribution >= 4 is 5.69 Å². The summed E-state index contributed by atoms with van der Waals surface area (Å²) in [6.45, 7) is 10.2. The topological polar surface area (TPSA) is 6.48 Å². The Morgan fingerprint density at radius 2 is 1.76 bits per heavy atom. The molecule has 0 saturated carbocycles. The van der Waals surface area contributed by atoms with Crippen molar-refractivity contribution in [2.45, 2.75) is 32.7 Å². The minimum atomic E-state index is 0.621. The van der Waals surface area contributed by atoms with E-state index in [1.54, 1.807) is 0 Å². The van der Waals surface area contributed by atoms with Gasteiger partial charge in [0.1, 0.15) is 0 Å². The average molecular weight is 232 g/mol. The van der Waals surface area contributed by atoms with E-state index in [0.29, 0.717) is 12.0 Å². The van der Waals surface area contributed by atoms with Gasteiger partial charge in [-0.25, -0.2) is 0 Å². The molecule has 1 heterocycles. The summed E-state index contributed by atoms with van der Waals surface area (Å²) in [7, 11) is 2.21. The van der Waals surface area contributed by atoms with E-state index >= 15 is 0 Å². The van der Waals surface area contributed by atoms with Crippen LogP contribution in [0.3, 0.4) is 0 Å². The Kier molecular flexibility index (Phi) is 3.72. The molecule has 0 aliphatic carbocycles. The highest BCUT2D eigenvalue weighted by molar-refractivity contribution is 5.48. The van der Waals surface area contributed by atoms with Gasteiger partial charge >= 0.3 is 0 Å². The van der Waals surface area contributed by atoms with Crippen LogP contribution in [0.25, 0.3) is 0 Å². The average Bonchev–Trinajstić information content (AvgIpc) is 2.33. The molecule has 0 N–H and O–H groups in total. The van der Waals surface area contributed by atoms with Gasteiger partial charge in [-0.1, -0.05) is 26.0 Å². The smallest absolute Gasteiger partial charge is 0.0367 e.